The third kappa shape index (κ3) is 11.1. The molecule has 0 aliphatic heterocycles. The molecule has 0 saturated heterocycles. The molecule has 6 heteroatoms. The molecule has 2 aromatic rings. The number of rotatable bonds is 8. The van der Waals surface area contributed by atoms with Crippen molar-refractivity contribution in [2.75, 3.05) is 24.3 Å². The van der Waals surface area contributed by atoms with Gasteiger partial charge in [-0.3, -0.25) is 0 Å². The molecule has 0 aromatic heterocycles. The number of nitrogens with two attached hydrogens (primary N) is 2. The third-order valence-corrected chi connectivity index (χ3v) is 9.29. The normalized spacial score (nSPS) is 18.3. The first-order valence-electron chi connectivity index (χ1n) is 9.64. The van der Waals surface area contributed by atoms with Crippen LogP contribution in [0.3, 0.4) is 0 Å². The monoisotopic (exact) mass is 454 g/mol. The lowest BCUT2D eigenvalue weighted by atomic mass is 10.00. The van der Waals surface area contributed by atoms with Gasteiger partial charge in [-0.1, -0.05) is 36.4 Å². The smallest absolute Gasteiger partial charge is 0.0442 e. The highest BCUT2D eigenvalue weighted by atomic mass is 32.2. The van der Waals surface area contributed by atoms with Crippen LogP contribution in [0, 0.1) is 0 Å². The van der Waals surface area contributed by atoms with Crippen molar-refractivity contribution in [2.24, 2.45) is 11.5 Å². The molecule has 0 heterocycles. The number of benzene rings is 2. The van der Waals surface area contributed by atoms with E-state index >= 15 is 0 Å². The molecule has 1 fully saturated rings. The van der Waals surface area contributed by atoms with Crippen molar-refractivity contribution in [1.29, 1.82) is 0 Å². The number of hydrogen-bond donors (Lipinski definition) is 2. The van der Waals surface area contributed by atoms with Crippen molar-refractivity contribution in [3.8, 4) is 0 Å². The van der Waals surface area contributed by atoms with Crippen LogP contribution < -0.4 is 11.5 Å². The van der Waals surface area contributed by atoms with E-state index in [0.29, 0.717) is 0 Å². The molecular weight excluding hydrogens is 421 g/mol. The Morgan fingerprint density at radius 1 is 0.607 bits per heavy atom. The second-order valence-electron chi connectivity index (χ2n) is 5.88. The van der Waals surface area contributed by atoms with Crippen LogP contribution in [0.2, 0.25) is 0 Å². The summed E-state index contributed by atoms with van der Waals surface area (Å²) in [5.74, 6) is 0. The Hall–Kier alpha value is -0.240. The van der Waals surface area contributed by atoms with Gasteiger partial charge >= 0.3 is 0 Å². The molecule has 3 rings (SSSR count). The van der Waals surface area contributed by atoms with Crippen molar-refractivity contribution in [3.63, 3.8) is 0 Å². The minimum Gasteiger partial charge on any atom is -0.333 e. The molecule has 0 spiro atoms. The van der Waals surface area contributed by atoms with E-state index in [0.717, 1.165) is 10.5 Å². The van der Waals surface area contributed by atoms with E-state index < -0.39 is 0 Å². The van der Waals surface area contributed by atoms with Crippen LogP contribution >= 0.6 is 47.0 Å². The summed E-state index contributed by atoms with van der Waals surface area (Å²) < 4.78 is 0. The van der Waals surface area contributed by atoms with Crippen molar-refractivity contribution < 1.29 is 0 Å². The molecule has 1 saturated carbocycles. The van der Waals surface area contributed by atoms with E-state index in [1.165, 1.54) is 59.7 Å². The van der Waals surface area contributed by atoms with E-state index in [-0.39, 0.29) is 0 Å². The average molecular weight is 455 g/mol. The first kappa shape index (κ1) is 25.8. The predicted molar refractivity (Wildman–Crippen MR) is 136 cm³/mol. The van der Waals surface area contributed by atoms with Crippen LogP contribution in [-0.2, 0) is 0 Å². The molecule has 0 unspecified atom stereocenters. The highest BCUT2D eigenvalue weighted by molar-refractivity contribution is 8.16. The molecule has 156 valence electrons. The van der Waals surface area contributed by atoms with E-state index in [9.17, 15) is 0 Å². The summed E-state index contributed by atoms with van der Waals surface area (Å²) in [6, 6.07) is 21.5. The van der Waals surface area contributed by atoms with Gasteiger partial charge in [-0.15, -0.1) is 47.0 Å². The Bertz CT molecular complexity index is 522. The molecule has 1 aliphatic rings. The Labute approximate surface area is 188 Å². The van der Waals surface area contributed by atoms with Gasteiger partial charge < -0.3 is 11.5 Å². The molecule has 0 radical (unpaired) electrons. The van der Waals surface area contributed by atoms with Crippen LogP contribution in [0.1, 0.15) is 25.7 Å². The van der Waals surface area contributed by atoms with Crippen molar-refractivity contribution in [2.45, 2.75) is 46.0 Å². The summed E-state index contributed by atoms with van der Waals surface area (Å²) in [4.78, 5) is 2.79. The average Bonchev–Trinajstić information content (AvgIpc) is 2.79. The molecule has 2 aromatic carbocycles. The van der Waals surface area contributed by atoms with Crippen LogP contribution in [0.5, 0.6) is 0 Å². The second-order valence-corrected chi connectivity index (χ2v) is 11.3. The Balaban J connectivity index is 0.000000921. The van der Waals surface area contributed by atoms with Crippen LogP contribution in [-0.4, -0.2) is 34.8 Å². The van der Waals surface area contributed by atoms with E-state index in [2.05, 4.69) is 95.7 Å². The summed E-state index contributed by atoms with van der Waals surface area (Å²) >= 11 is 8.29. The van der Waals surface area contributed by atoms with Crippen molar-refractivity contribution >= 4 is 47.0 Å². The lowest BCUT2D eigenvalue weighted by Crippen LogP contribution is -2.18. The van der Waals surface area contributed by atoms with E-state index in [1.807, 2.05) is 23.5 Å². The van der Waals surface area contributed by atoms with Gasteiger partial charge in [0.15, 0.2) is 0 Å². The SMILES string of the molecule is CN.CN.c1ccc(SCSC2CCC(SCSc3ccccc3)CC2)cc1. The molecule has 28 heavy (non-hydrogen) atoms. The topological polar surface area (TPSA) is 52.0 Å². The zero-order chi connectivity index (χ0) is 20.5. The number of hydrogen-bond acceptors (Lipinski definition) is 6. The highest BCUT2D eigenvalue weighted by Gasteiger charge is 2.21. The zero-order valence-electron chi connectivity index (χ0n) is 17.0. The minimum atomic E-state index is 0.875. The predicted octanol–water partition coefficient (Wildman–Crippen LogP) is 6.41. The van der Waals surface area contributed by atoms with Gasteiger partial charge in [-0.25, -0.2) is 0 Å². The zero-order valence-corrected chi connectivity index (χ0v) is 20.2. The maximum atomic E-state index is 4.50. The lowest BCUT2D eigenvalue weighted by Gasteiger charge is -2.27. The van der Waals surface area contributed by atoms with Crippen LogP contribution in [0.25, 0.3) is 0 Å². The van der Waals surface area contributed by atoms with E-state index in [1.54, 1.807) is 0 Å². The fourth-order valence-electron chi connectivity index (χ4n) is 2.80. The van der Waals surface area contributed by atoms with Gasteiger partial charge in [0.1, 0.15) is 0 Å². The highest BCUT2D eigenvalue weighted by Crippen LogP contribution is 2.38. The maximum Gasteiger partial charge on any atom is 0.0442 e. The fraction of sp³-hybridized carbons (Fsp3) is 0.455. The summed E-state index contributed by atoms with van der Waals surface area (Å²) in [6.45, 7) is 0. The summed E-state index contributed by atoms with van der Waals surface area (Å²) in [5, 5.41) is 4.13. The second kappa shape index (κ2) is 17.6. The number of thioether (sulfide) groups is 4. The Kier molecular flexibility index (Phi) is 16.2. The first-order chi connectivity index (χ1) is 13.9. The van der Waals surface area contributed by atoms with E-state index in [4.69, 9.17) is 0 Å². The standard InChI is InChI=1S/C20H24S4.2CH5N/c1-3-7-17(8-4-1)21-15-23-19-11-13-20(14-12-19)24-16-22-18-9-5-2-6-10-18;2*1-2/h1-10,19-20H,11-16H2;2*2H2,1H3. The summed E-state index contributed by atoms with van der Waals surface area (Å²) in [7, 11) is 3.00. The van der Waals surface area contributed by atoms with Gasteiger partial charge in [-0.2, -0.15) is 0 Å². The van der Waals surface area contributed by atoms with Crippen LogP contribution in [0.15, 0.2) is 70.5 Å². The largest absolute Gasteiger partial charge is 0.333 e. The fourth-order valence-corrected chi connectivity index (χ4v) is 7.88. The maximum absolute atomic E-state index is 4.50. The summed E-state index contributed by atoms with van der Waals surface area (Å²) in [5.41, 5.74) is 9.00. The van der Waals surface area contributed by atoms with Gasteiger partial charge in [0.05, 0.1) is 0 Å². The molecule has 1 aliphatic carbocycles. The van der Waals surface area contributed by atoms with Gasteiger partial charge in [0.2, 0.25) is 0 Å². The van der Waals surface area contributed by atoms with Crippen molar-refractivity contribution in [1.82, 2.24) is 0 Å². The molecule has 0 atom stereocenters. The first-order valence-corrected chi connectivity index (χ1v) is 13.7. The van der Waals surface area contributed by atoms with Crippen molar-refractivity contribution in [3.05, 3.63) is 60.7 Å². The van der Waals surface area contributed by atoms with Gasteiger partial charge in [0, 0.05) is 30.5 Å². The molecule has 0 bridgehead atoms. The Morgan fingerprint density at radius 2 is 0.929 bits per heavy atom. The lowest BCUT2D eigenvalue weighted by molar-refractivity contribution is 0.529. The third-order valence-electron chi connectivity index (χ3n) is 4.17. The quantitative estimate of drug-likeness (QED) is 0.355. The molecule has 0 amide bonds. The van der Waals surface area contributed by atoms with Crippen LogP contribution in [0.4, 0.5) is 0 Å². The van der Waals surface area contributed by atoms with Gasteiger partial charge in [0.25, 0.3) is 0 Å². The van der Waals surface area contributed by atoms with Gasteiger partial charge in [-0.05, 0) is 64.0 Å². The molecule has 2 nitrogen and oxygen atoms in total. The summed E-state index contributed by atoms with van der Waals surface area (Å²) in [6.07, 6.45) is 5.59. The Morgan fingerprint density at radius 3 is 1.25 bits per heavy atom. The molecular formula is C22H34N2S4. The molecule has 4 N–H and O–H groups in total. The minimum absolute atomic E-state index is 0.875.